The van der Waals surface area contributed by atoms with Gasteiger partial charge in [-0.2, -0.15) is 0 Å². The molecule has 0 radical (unpaired) electrons. The molecule has 0 spiro atoms. The van der Waals surface area contributed by atoms with Gasteiger partial charge in [-0.15, -0.1) is 0 Å². The van der Waals surface area contributed by atoms with Crippen molar-refractivity contribution < 1.29 is 24.2 Å². The highest BCUT2D eigenvalue weighted by Gasteiger charge is 2.30. The minimum Gasteiger partial charge on any atom is -0.480 e. The van der Waals surface area contributed by atoms with Crippen LogP contribution in [0.2, 0.25) is 0 Å². The summed E-state index contributed by atoms with van der Waals surface area (Å²) in [4.78, 5) is 39.4. The third-order valence-electron chi connectivity index (χ3n) is 5.77. The lowest BCUT2D eigenvalue weighted by Crippen LogP contribution is -2.52. The van der Waals surface area contributed by atoms with Gasteiger partial charge in [0, 0.05) is 24.2 Å². The Bertz CT molecular complexity index is 1110. The molecule has 3 aromatic rings. The normalized spacial score (nSPS) is 14.0. The molecule has 1 aliphatic rings. The minimum absolute atomic E-state index is 0.106. The number of aromatic amines is 1. The first kappa shape index (κ1) is 22.1. The van der Waals surface area contributed by atoms with E-state index in [1.165, 1.54) is 6.92 Å². The van der Waals surface area contributed by atoms with E-state index in [-0.39, 0.29) is 18.9 Å². The molecule has 4 rings (SSSR count). The fourth-order valence-electron chi connectivity index (χ4n) is 4.08. The summed E-state index contributed by atoms with van der Waals surface area (Å²) in [5, 5.41) is 14.1. The number of ether oxygens (including phenoxy) is 1. The van der Waals surface area contributed by atoms with Crippen LogP contribution in [0.5, 0.6) is 0 Å². The van der Waals surface area contributed by atoms with Crippen LogP contribution in [0.3, 0.4) is 0 Å². The average molecular weight is 447 g/mol. The maximum absolute atomic E-state index is 12.6. The van der Waals surface area contributed by atoms with Crippen LogP contribution in [-0.4, -0.2) is 46.8 Å². The van der Waals surface area contributed by atoms with Crippen LogP contribution in [0, 0.1) is 0 Å². The lowest BCUT2D eigenvalue weighted by Gasteiger charge is -2.20. The van der Waals surface area contributed by atoms with Gasteiger partial charge in [-0.3, -0.25) is 9.59 Å². The first-order valence-electron chi connectivity index (χ1n) is 10.7. The number of amides is 2. The monoisotopic (exact) mass is 447 g/mol. The van der Waals surface area contributed by atoms with E-state index in [1.807, 2.05) is 36.4 Å². The number of rotatable bonds is 8. The number of carbonyl (C=O) groups excluding carboxylic acids is 2. The number of aliphatic carboxylic acids is 1. The molecule has 170 valence electrons. The lowest BCUT2D eigenvalue weighted by molar-refractivity contribution is -0.141. The summed E-state index contributed by atoms with van der Waals surface area (Å²) in [5.74, 6) is -1.87. The number of H-pyrrole nitrogens is 1. The highest BCUT2D eigenvalue weighted by atomic mass is 16.5. The SMILES string of the molecule is CC(NC(=O)C(Cc1ccc[nH]1)NC(=O)OCC1c2ccccc2-c2ccccc21)C(=O)O. The summed E-state index contributed by atoms with van der Waals surface area (Å²) in [6.07, 6.45) is 1.12. The number of hydrogen-bond acceptors (Lipinski definition) is 4. The van der Waals surface area contributed by atoms with Gasteiger partial charge in [0.1, 0.15) is 18.7 Å². The van der Waals surface area contributed by atoms with Gasteiger partial charge in [0.2, 0.25) is 5.91 Å². The Hall–Kier alpha value is -4.07. The number of alkyl carbamates (subject to hydrolysis) is 1. The number of hydrogen-bond donors (Lipinski definition) is 4. The van der Waals surface area contributed by atoms with Crippen LogP contribution in [0.1, 0.15) is 29.7 Å². The van der Waals surface area contributed by atoms with Gasteiger partial charge in [0.05, 0.1) is 0 Å². The van der Waals surface area contributed by atoms with Crippen molar-refractivity contribution in [2.45, 2.75) is 31.3 Å². The number of carboxylic acid groups (broad SMARTS) is 1. The van der Waals surface area contributed by atoms with Gasteiger partial charge in [0.25, 0.3) is 0 Å². The Morgan fingerprint density at radius 3 is 2.18 bits per heavy atom. The second-order valence-electron chi connectivity index (χ2n) is 7.99. The van der Waals surface area contributed by atoms with E-state index in [1.54, 1.807) is 18.3 Å². The summed E-state index contributed by atoms with van der Waals surface area (Å²) in [6.45, 7) is 1.47. The summed E-state index contributed by atoms with van der Waals surface area (Å²) in [6, 6.07) is 17.5. The van der Waals surface area contributed by atoms with E-state index in [9.17, 15) is 14.4 Å². The molecule has 1 aliphatic carbocycles. The van der Waals surface area contributed by atoms with Gasteiger partial charge in [-0.1, -0.05) is 48.5 Å². The highest BCUT2D eigenvalue weighted by molar-refractivity contribution is 5.89. The molecule has 2 unspecified atom stereocenters. The summed E-state index contributed by atoms with van der Waals surface area (Å²) < 4.78 is 5.54. The van der Waals surface area contributed by atoms with Crippen molar-refractivity contribution in [3.8, 4) is 11.1 Å². The number of nitrogens with one attached hydrogen (secondary N) is 3. The van der Waals surface area contributed by atoms with Gasteiger partial charge < -0.3 is 25.5 Å². The number of fused-ring (bicyclic) bond motifs is 3. The predicted molar refractivity (Wildman–Crippen MR) is 122 cm³/mol. The van der Waals surface area contributed by atoms with Crippen LogP contribution < -0.4 is 10.6 Å². The summed E-state index contributed by atoms with van der Waals surface area (Å²) in [5.41, 5.74) is 5.13. The quantitative estimate of drug-likeness (QED) is 0.423. The van der Waals surface area contributed by atoms with Crippen molar-refractivity contribution in [2.75, 3.05) is 6.61 Å². The van der Waals surface area contributed by atoms with E-state index in [2.05, 4.69) is 27.8 Å². The molecule has 1 aromatic heterocycles. The molecule has 0 bridgehead atoms. The first-order valence-corrected chi connectivity index (χ1v) is 10.7. The van der Waals surface area contributed by atoms with Crippen LogP contribution in [0.4, 0.5) is 4.79 Å². The van der Waals surface area contributed by atoms with E-state index >= 15 is 0 Å². The van der Waals surface area contributed by atoms with Crippen molar-refractivity contribution >= 4 is 18.0 Å². The molecule has 0 fully saturated rings. The fraction of sp³-hybridized carbons (Fsp3) is 0.240. The van der Waals surface area contributed by atoms with Crippen molar-refractivity contribution in [2.24, 2.45) is 0 Å². The largest absolute Gasteiger partial charge is 0.480 e. The van der Waals surface area contributed by atoms with Crippen molar-refractivity contribution in [3.63, 3.8) is 0 Å². The summed E-state index contributed by atoms with van der Waals surface area (Å²) >= 11 is 0. The predicted octanol–water partition coefficient (Wildman–Crippen LogP) is 3.05. The Kier molecular flexibility index (Phi) is 6.44. The first-order chi connectivity index (χ1) is 15.9. The molecular weight excluding hydrogens is 422 g/mol. The third kappa shape index (κ3) is 4.90. The van der Waals surface area contributed by atoms with Crippen LogP contribution in [-0.2, 0) is 20.7 Å². The molecule has 0 saturated carbocycles. The van der Waals surface area contributed by atoms with E-state index < -0.39 is 30.1 Å². The second-order valence-corrected chi connectivity index (χ2v) is 7.99. The molecule has 33 heavy (non-hydrogen) atoms. The molecule has 8 heteroatoms. The fourth-order valence-corrected chi connectivity index (χ4v) is 4.08. The zero-order valence-electron chi connectivity index (χ0n) is 18.1. The van der Waals surface area contributed by atoms with Crippen molar-refractivity contribution in [1.82, 2.24) is 15.6 Å². The van der Waals surface area contributed by atoms with E-state index in [0.717, 1.165) is 27.9 Å². The molecular formula is C25H25N3O5. The molecule has 1 heterocycles. The molecule has 0 aliphatic heterocycles. The molecule has 0 saturated heterocycles. The zero-order chi connectivity index (χ0) is 23.4. The van der Waals surface area contributed by atoms with Gasteiger partial charge in [-0.05, 0) is 41.3 Å². The maximum Gasteiger partial charge on any atom is 0.407 e. The van der Waals surface area contributed by atoms with E-state index in [4.69, 9.17) is 9.84 Å². The Morgan fingerprint density at radius 1 is 0.970 bits per heavy atom. The maximum atomic E-state index is 12.6. The third-order valence-corrected chi connectivity index (χ3v) is 5.77. The molecule has 2 atom stereocenters. The van der Waals surface area contributed by atoms with Crippen molar-refractivity contribution in [1.29, 1.82) is 0 Å². The van der Waals surface area contributed by atoms with E-state index in [0.29, 0.717) is 0 Å². The topological polar surface area (TPSA) is 121 Å². The van der Waals surface area contributed by atoms with Crippen LogP contribution in [0.15, 0.2) is 66.9 Å². The second kappa shape index (κ2) is 9.60. The standard InChI is InChI=1S/C25H25N3O5/c1-15(24(30)31)27-23(29)22(13-16-7-6-12-26-16)28-25(32)33-14-21-19-10-4-2-8-17(19)18-9-3-5-11-20(18)21/h2-12,15,21-22,26H,13-14H2,1H3,(H,27,29)(H,28,32)(H,30,31). The molecule has 2 amide bonds. The lowest BCUT2D eigenvalue weighted by atomic mass is 9.98. The van der Waals surface area contributed by atoms with Gasteiger partial charge in [-0.25, -0.2) is 4.79 Å². The Labute approximate surface area is 191 Å². The number of carbonyl (C=O) groups is 3. The number of aromatic nitrogens is 1. The Morgan fingerprint density at radius 2 is 1.61 bits per heavy atom. The average Bonchev–Trinajstić information content (AvgIpc) is 3.43. The Balaban J connectivity index is 1.44. The van der Waals surface area contributed by atoms with Gasteiger partial charge >= 0.3 is 12.1 Å². The van der Waals surface area contributed by atoms with Crippen LogP contribution in [0.25, 0.3) is 11.1 Å². The van der Waals surface area contributed by atoms with Crippen molar-refractivity contribution in [3.05, 3.63) is 83.7 Å². The zero-order valence-corrected chi connectivity index (χ0v) is 18.1. The molecule has 8 nitrogen and oxygen atoms in total. The van der Waals surface area contributed by atoms with Gasteiger partial charge in [0.15, 0.2) is 0 Å². The number of carboxylic acids is 1. The summed E-state index contributed by atoms with van der Waals surface area (Å²) in [7, 11) is 0. The minimum atomic E-state index is -1.16. The molecule has 2 aromatic carbocycles. The smallest absolute Gasteiger partial charge is 0.407 e. The number of benzene rings is 2. The molecule has 4 N–H and O–H groups in total. The highest BCUT2D eigenvalue weighted by Crippen LogP contribution is 2.44. The van der Waals surface area contributed by atoms with Crippen LogP contribution >= 0.6 is 0 Å².